The molecule has 29 heavy (non-hydrogen) atoms. The third-order valence-electron chi connectivity index (χ3n) is 5.27. The van der Waals surface area contributed by atoms with Crippen LogP contribution < -0.4 is 5.73 Å². The first-order valence-electron chi connectivity index (χ1n) is 10.1. The van der Waals surface area contributed by atoms with Crippen LogP contribution in [0, 0.1) is 11.8 Å². The number of amides is 1. The first kappa shape index (κ1) is 23.0. The molecule has 1 fully saturated rings. The highest BCUT2D eigenvalue weighted by Gasteiger charge is 2.29. The Hall–Kier alpha value is -2.24. The van der Waals surface area contributed by atoms with Crippen LogP contribution in [-0.4, -0.2) is 34.7 Å². The molecule has 2 aromatic rings. The van der Waals surface area contributed by atoms with Gasteiger partial charge in [-0.15, -0.1) is 12.4 Å². The molecule has 1 aliphatic rings. The summed E-state index contributed by atoms with van der Waals surface area (Å²) in [5, 5.41) is 0. The van der Waals surface area contributed by atoms with Gasteiger partial charge in [0.15, 0.2) is 0 Å². The average Bonchev–Trinajstić information content (AvgIpc) is 2.73. The van der Waals surface area contributed by atoms with E-state index in [-0.39, 0.29) is 30.0 Å². The van der Waals surface area contributed by atoms with Crippen LogP contribution in [0.4, 0.5) is 0 Å². The quantitative estimate of drug-likeness (QED) is 0.770. The lowest BCUT2D eigenvalue weighted by molar-refractivity contribution is -0.124. The number of ketones is 1. The normalized spacial score (nSPS) is 16.4. The van der Waals surface area contributed by atoms with Gasteiger partial charge in [0, 0.05) is 43.7 Å². The number of rotatable bonds is 6. The number of hydrogen-bond donors (Lipinski definition) is 1. The van der Waals surface area contributed by atoms with Gasteiger partial charge >= 0.3 is 0 Å². The molecule has 1 amide bonds. The molecule has 2 N–H and O–H groups in total. The fourth-order valence-corrected chi connectivity index (χ4v) is 3.68. The van der Waals surface area contributed by atoms with Crippen molar-refractivity contribution in [3.05, 3.63) is 53.7 Å². The fraction of sp³-hybridized carbons (Fsp3) is 0.435. The Balaban J connectivity index is 0.00000300. The summed E-state index contributed by atoms with van der Waals surface area (Å²) >= 11 is 0. The molecule has 5 nitrogen and oxygen atoms in total. The summed E-state index contributed by atoms with van der Waals surface area (Å²) in [7, 11) is 0. The first-order valence-corrected chi connectivity index (χ1v) is 10.1. The SMILES string of the molecule is CC(C)CC(=O)C1CCCN(C(=O)c2ccc(-c3ccc(CN)cc3)nc2)C1.Cl. The van der Waals surface area contributed by atoms with Crippen LogP contribution in [0.1, 0.15) is 49.0 Å². The van der Waals surface area contributed by atoms with Gasteiger partial charge in [0.05, 0.1) is 11.3 Å². The summed E-state index contributed by atoms with van der Waals surface area (Å²) in [6.07, 6.45) is 3.98. The van der Waals surface area contributed by atoms with E-state index in [1.807, 2.05) is 36.4 Å². The number of aromatic nitrogens is 1. The number of halogens is 1. The number of hydrogen-bond acceptors (Lipinski definition) is 4. The largest absolute Gasteiger partial charge is 0.338 e. The Morgan fingerprint density at radius 3 is 2.48 bits per heavy atom. The first-order chi connectivity index (χ1) is 13.5. The monoisotopic (exact) mass is 415 g/mol. The molecule has 1 aromatic heterocycles. The summed E-state index contributed by atoms with van der Waals surface area (Å²) in [4.78, 5) is 31.6. The van der Waals surface area contributed by atoms with Crippen molar-refractivity contribution in [3.8, 4) is 11.3 Å². The zero-order valence-corrected chi connectivity index (χ0v) is 18.0. The van der Waals surface area contributed by atoms with Crippen LogP contribution in [0.25, 0.3) is 11.3 Å². The standard InChI is InChI=1S/C23H29N3O2.ClH/c1-16(2)12-22(27)20-4-3-11-26(15-20)23(28)19-9-10-21(25-14-19)18-7-5-17(13-24)6-8-18;/h5-10,14,16,20H,3-4,11-13,15,24H2,1-2H3;1H. The molecule has 3 rings (SSSR count). The smallest absolute Gasteiger partial charge is 0.255 e. The van der Waals surface area contributed by atoms with Crippen molar-refractivity contribution in [1.29, 1.82) is 0 Å². The Bertz CT molecular complexity index is 819. The van der Waals surface area contributed by atoms with Crippen molar-refractivity contribution in [2.45, 2.75) is 39.7 Å². The summed E-state index contributed by atoms with van der Waals surface area (Å²) in [6.45, 7) is 5.85. The van der Waals surface area contributed by atoms with Crippen molar-refractivity contribution < 1.29 is 9.59 Å². The average molecular weight is 416 g/mol. The maximum Gasteiger partial charge on any atom is 0.255 e. The number of likely N-dealkylation sites (tertiary alicyclic amines) is 1. The van der Waals surface area contributed by atoms with Crippen LogP contribution in [0.5, 0.6) is 0 Å². The predicted molar refractivity (Wildman–Crippen MR) is 118 cm³/mol. The van der Waals surface area contributed by atoms with Gasteiger partial charge in [0.1, 0.15) is 5.78 Å². The summed E-state index contributed by atoms with van der Waals surface area (Å²) in [5.74, 6) is 0.559. The van der Waals surface area contributed by atoms with Gasteiger partial charge in [0.25, 0.3) is 5.91 Å². The van der Waals surface area contributed by atoms with E-state index in [0.717, 1.165) is 29.7 Å². The van der Waals surface area contributed by atoms with Crippen molar-refractivity contribution in [2.75, 3.05) is 13.1 Å². The second-order valence-corrected chi connectivity index (χ2v) is 7.99. The number of nitrogens with two attached hydrogens (primary N) is 1. The van der Waals surface area contributed by atoms with Crippen molar-refractivity contribution in [3.63, 3.8) is 0 Å². The van der Waals surface area contributed by atoms with Gasteiger partial charge in [-0.2, -0.15) is 0 Å². The molecule has 1 unspecified atom stereocenters. The van der Waals surface area contributed by atoms with Crippen LogP contribution in [0.15, 0.2) is 42.6 Å². The molecule has 0 aliphatic carbocycles. The lowest BCUT2D eigenvalue weighted by Gasteiger charge is -2.32. The van der Waals surface area contributed by atoms with Crippen molar-refractivity contribution in [2.24, 2.45) is 17.6 Å². The summed E-state index contributed by atoms with van der Waals surface area (Å²) < 4.78 is 0. The lowest BCUT2D eigenvalue weighted by atomic mass is 9.89. The second kappa shape index (κ2) is 10.5. The minimum absolute atomic E-state index is 0. The number of Topliss-reactive ketones (excluding diaryl/α,β-unsaturated/α-hetero) is 1. The van der Waals surface area contributed by atoms with Crippen LogP contribution in [-0.2, 0) is 11.3 Å². The maximum absolute atomic E-state index is 12.9. The molecule has 156 valence electrons. The Morgan fingerprint density at radius 1 is 1.17 bits per heavy atom. The third kappa shape index (κ3) is 5.87. The van der Waals surface area contributed by atoms with E-state index in [4.69, 9.17) is 5.73 Å². The highest BCUT2D eigenvalue weighted by atomic mass is 35.5. The molecule has 1 saturated heterocycles. The highest BCUT2D eigenvalue weighted by Crippen LogP contribution is 2.23. The van der Waals surface area contributed by atoms with Crippen LogP contribution in [0.3, 0.4) is 0 Å². The molecule has 0 bridgehead atoms. The molecule has 0 radical (unpaired) electrons. The minimum atomic E-state index is -0.0421. The highest BCUT2D eigenvalue weighted by molar-refractivity contribution is 5.94. The fourth-order valence-electron chi connectivity index (χ4n) is 3.68. The van der Waals surface area contributed by atoms with Crippen LogP contribution in [0.2, 0.25) is 0 Å². The summed E-state index contributed by atoms with van der Waals surface area (Å²) in [6, 6.07) is 11.6. The van der Waals surface area contributed by atoms with Crippen molar-refractivity contribution in [1.82, 2.24) is 9.88 Å². The van der Waals surface area contributed by atoms with Gasteiger partial charge in [0.2, 0.25) is 0 Å². The van der Waals surface area contributed by atoms with Gasteiger partial charge in [-0.3, -0.25) is 14.6 Å². The molecule has 6 heteroatoms. The number of pyridine rings is 1. The zero-order valence-electron chi connectivity index (χ0n) is 17.1. The molecule has 1 atom stereocenters. The Kier molecular flexibility index (Phi) is 8.35. The molecule has 0 saturated carbocycles. The van der Waals surface area contributed by atoms with E-state index in [1.54, 1.807) is 11.1 Å². The molecule has 2 heterocycles. The van der Waals surface area contributed by atoms with Gasteiger partial charge in [-0.1, -0.05) is 38.1 Å². The van der Waals surface area contributed by atoms with Crippen LogP contribution >= 0.6 is 12.4 Å². The van der Waals surface area contributed by atoms with Crippen molar-refractivity contribution >= 4 is 24.1 Å². The van der Waals surface area contributed by atoms with E-state index in [2.05, 4.69) is 18.8 Å². The maximum atomic E-state index is 12.9. The minimum Gasteiger partial charge on any atom is -0.338 e. The lowest BCUT2D eigenvalue weighted by Crippen LogP contribution is -2.42. The van der Waals surface area contributed by atoms with Gasteiger partial charge < -0.3 is 10.6 Å². The second-order valence-electron chi connectivity index (χ2n) is 7.99. The van der Waals surface area contributed by atoms with Gasteiger partial charge in [-0.25, -0.2) is 0 Å². The zero-order chi connectivity index (χ0) is 20.1. The Labute approximate surface area is 179 Å². The number of benzene rings is 1. The number of nitrogens with zero attached hydrogens (tertiary/aromatic N) is 2. The number of carbonyl (C=O) groups is 2. The molecular weight excluding hydrogens is 386 g/mol. The topological polar surface area (TPSA) is 76.3 Å². The molecule has 1 aromatic carbocycles. The van der Waals surface area contributed by atoms with E-state index >= 15 is 0 Å². The van der Waals surface area contributed by atoms with E-state index in [0.29, 0.717) is 37.5 Å². The third-order valence-corrected chi connectivity index (χ3v) is 5.27. The Morgan fingerprint density at radius 2 is 1.90 bits per heavy atom. The summed E-state index contributed by atoms with van der Waals surface area (Å²) in [5.41, 5.74) is 9.09. The number of piperidine rings is 1. The molecule has 1 aliphatic heterocycles. The molecule has 0 spiro atoms. The van der Waals surface area contributed by atoms with E-state index < -0.39 is 0 Å². The van der Waals surface area contributed by atoms with Gasteiger partial charge in [-0.05, 0) is 36.5 Å². The number of carbonyl (C=O) groups excluding carboxylic acids is 2. The molecular formula is C23H30ClN3O2. The van der Waals surface area contributed by atoms with E-state index in [9.17, 15) is 9.59 Å². The predicted octanol–water partition coefficient (Wildman–Crippen LogP) is 4.10. The van der Waals surface area contributed by atoms with E-state index in [1.165, 1.54) is 0 Å².